The summed E-state index contributed by atoms with van der Waals surface area (Å²) >= 11 is 0. The van der Waals surface area contributed by atoms with E-state index in [0.29, 0.717) is 0 Å². The number of fused-ring (bicyclic) bond motifs is 2. The fraction of sp³-hybridized carbons (Fsp3) is 0.460. The average Bonchev–Trinajstić information content (AvgIpc) is 3.52. The number of nitrogens with zero attached hydrogens (tertiary/aromatic N) is 4. The van der Waals surface area contributed by atoms with Gasteiger partial charge < -0.3 is 28.3 Å². The van der Waals surface area contributed by atoms with Gasteiger partial charge in [-0.3, -0.25) is 0 Å². The Morgan fingerprint density at radius 2 is 1.35 bits per heavy atom. The lowest BCUT2D eigenvalue weighted by molar-refractivity contribution is -0.871. The first kappa shape index (κ1) is 48.1. The Bertz CT molecular complexity index is 2620. The Morgan fingerprint density at radius 3 is 1.95 bits per heavy atom. The van der Waals surface area contributed by atoms with Crippen LogP contribution in [0.1, 0.15) is 83.4 Å². The van der Waals surface area contributed by atoms with Gasteiger partial charge in [0.05, 0.1) is 77.0 Å². The molecule has 63 heavy (non-hydrogen) atoms. The summed E-state index contributed by atoms with van der Waals surface area (Å²) in [5, 5.41) is 3.82. The van der Waals surface area contributed by atoms with E-state index < -0.39 is 31.1 Å². The molecule has 3 aliphatic rings. The molecule has 0 spiro atoms. The minimum absolute atomic E-state index is 0.221. The van der Waals surface area contributed by atoms with Crippen molar-refractivity contribution < 1.29 is 39.5 Å². The number of nitrogens with one attached hydrogen (secondary N) is 1. The van der Waals surface area contributed by atoms with Gasteiger partial charge in [-0.15, -0.1) is 0 Å². The van der Waals surface area contributed by atoms with Crippen molar-refractivity contribution >= 4 is 43.0 Å². The van der Waals surface area contributed by atoms with Crippen LogP contribution in [0.3, 0.4) is 0 Å². The van der Waals surface area contributed by atoms with Crippen LogP contribution in [-0.4, -0.2) is 114 Å². The smallest absolute Gasteiger partial charge is 0.209 e. The third-order valence-electron chi connectivity index (χ3n) is 12.8. The highest BCUT2D eigenvalue weighted by Crippen LogP contribution is 2.49. The fourth-order valence-electron chi connectivity index (χ4n) is 9.25. The van der Waals surface area contributed by atoms with Crippen LogP contribution in [0.25, 0.3) is 0 Å². The largest absolute Gasteiger partial charge is 0.744 e. The second kappa shape index (κ2) is 17.9. The molecule has 3 aromatic rings. The monoisotopic (exact) mass is 898 g/mol. The van der Waals surface area contributed by atoms with Gasteiger partial charge in [0.2, 0.25) is 5.69 Å². The van der Waals surface area contributed by atoms with E-state index in [1.807, 2.05) is 0 Å². The first-order chi connectivity index (χ1) is 29.2. The SMILES string of the molecule is CCc1ccc(NC2=C(/C=C/C3=[N+](CCC[N+](C)(C)C)c4ccc(S(=O)(=O)[O-])cc4C3(C)C)CCC/C2=C\C=C2\N(CCC[N+](C)(C)C)c3ccc(S(=O)(=O)[O-])cc3C2(C)C)cc1. The Balaban J connectivity index is 1.48. The summed E-state index contributed by atoms with van der Waals surface area (Å²) in [6.45, 7) is 13.9. The molecule has 0 bridgehead atoms. The molecule has 0 amide bonds. The van der Waals surface area contributed by atoms with Crippen molar-refractivity contribution in [1.29, 1.82) is 0 Å². The molecule has 6 rings (SSSR count). The van der Waals surface area contributed by atoms with E-state index in [9.17, 15) is 25.9 Å². The number of rotatable bonds is 16. The van der Waals surface area contributed by atoms with Gasteiger partial charge in [-0.25, -0.2) is 16.8 Å². The van der Waals surface area contributed by atoms with Crippen molar-refractivity contribution in [2.45, 2.75) is 93.8 Å². The topological polar surface area (TPSA) is 133 Å². The van der Waals surface area contributed by atoms with E-state index in [-0.39, 0.29) is 9.79 Å². The van der Waals surface area contributed by atoms with Gasteiger partial charge in [-0.2, -0.15) is 4.58 Å². The normalized spacial score (nSPS) is 19.2. The predicted molar refractivity (Wildman–Crippen MR) is 253 cm³/mol. The average molecular weight is 899 g/mol. The Kier molecular flexibility index (Phi) is 13.7. The lowest BCUT2D eigenvalue weighted by atomic mass is 9.81. The van der Waals surface area contributed by atoms with Crippen LogP contribution < -0.4 is 10.2 Å². The highest BCUT2D eigenvalue weighted by Gasteiger charge is 2.45. The van der Waals surface area contributed by atoms with Gasteiger partial charge in [0.25, 0.3) is 0 Å². The van der Waals surface area contributed by atoms with Gasteiger partial charge in [-0.05, 0) is 110 Å². The highest BCUT2D eigenvalue weighted by molar-refractivity contribution is 7.86. The Hall–Kier alpha value is -4.37. The van der Waals surface area contributed by atoms with E-state index >= 15 is 0 Å². The molecule has 0 unspecified atom stereocenters. The molecule has 2 heterocycles. The molecule has 0 atom stereocenters. The maximum atomic E-state index is 12.2. The molecule has 0 aromatic heterocycles. The third-order valence-corrected chi connectivity index (χ3v) is 14.4. The predicted octanol–water partition coefficient (Wildman–Crippen LogP) is 8.34. The zero-order valence-electron chi connectivity index (χ0n) is 39.2. The first-order valence-electron chi connectivity index (χ1n) is 22.1. The first-order valence-corrected chi connectivity index (χ1v) is 25.0. The number of quaternary nitrogens is 2. The van der Waals surface area contributed by atoms with Crippen molar-refractivity contribution in [1.82, 2.24) is 0 Å². The molecule has 2 aliphatic heterocycles. The van der Waals surface area contributed by atoms with Crippen molar-refractivity contribution in [3.05, 3.63) is 124 Å². The summed E-state index contributed by atoms with van der Waals surface area (Å²) in [6.07, 6.45) is 14.1. The molecule has 0 fully saturated rings. The second-order valence-electron chi connectivity index (χ2n) is 20.4. The highest BCUT2D eigenvalue weighted by atomic mass is 32.2. The Morgan fingerprint density at radius 1 is 0.746 bits per heavy atom. The summed E-state index contributed by atoms with van der Waals surface area (Å²) in [4.78, 5) is 1.85. The van der Waals surface area contributed by atoms with Crippen LogP contribution in [-0.2, 0) is 37.5 Å². The summed E-state index contributed by atoms with van der Waals surface area (Å²) < 4.78 is 77.1. The summed E-state index contributed by atoms with van der Waals surface area (Å²) in [7, 11) is 3.75. The zero-order valence-corrected chi connectivity index (χ0v) is 40.8. The third kappa shape index (κ3) is 10.9. The van der Waals surface area contributed by atoms with Crippen molar-refractivity contribution in [2.24, 2.45) is 0 Å². The number of hydrogen-bond acceptors (Lipinski definition) is 8. The zero-order chi connectivity index (χ0) is 46.3. The lowest BCUT2D eigenvalue weighted by Gasteiger charge is -2.29. The standard InChI is InChI=1S/C50H67N5O6S2/c1-12-36-18-22-39(23-19-36)51-48-37(20-28-46-49(2,3)42-34-40(62(56,57)58)24-26-44(42)52(46)30-14-32-54(6,7)8)16-13-17-38(48)21-29-47-50(4,5)43-35-41(63(59,60)61)25-27-45(43)53(47)31-15-33-55(9,10)11/h18-29,34-35H,12-17,30-33H2,1-11H3/p+1/b37-20+,46-28+. The van der Waals surface area contributed by atoms with Crippen LogP contribution in [0.2, 0.25) is 0 Å². The van der Waals surface area contributed by atoms with Gasteiger partial charge in [-0.1, -0.05) is 45.1 Å². The van der Waals surface area contributed by atoms with Crippen LogP contribution in [0.15, 0.2) is 117 Å². The fourth-order valence-corrected chi connectivity index (χ4v) is 10.2. The van der Waals surface area contributed by atoms with Gasteiger partial charge in [0.15, 0.2) is 12.3 Å². The van der Waals surface area contributed by atoms with Crippen LogP contribution in [0.4, 0.5) is 17.1 Å². The number of aryl methyl sites for hydroxylation is 1. The number of benzene rings is 3. The van der Waals surface area contributed by atoms with E-state index in [2.05, 4.69) is 140 Å². The van der Waals surface area contributed by atoms with Crippen molar-refractivity contribution in [2.75, 3.05) is 78.7 Å². The minimum Gasteiger partial charge on any atom is -0.744 e. The van der Waals surface area contributed by atoms with Crippen molar-refractivity contribution in [3.8, 4) is 0 Å². The molecule has 3 aromatic carbocycles. The quantitative estimate of drug-likeness (QED) is 0.0863. The Labute approximate surface area is 377 Å². The maximum absolute atomic E-state index is 12.2. The van der Waals surface area contributed by atoms with E-state index in [1.165, 1.54) is 17.7 Å². The van der Waals surface area contributed by atoms with Crippen molar-refractivity contribution in [3.63, 3.8) is 0 Å². The number of allylic oxidation sites excluding steroid dienone is 7. The maximum Gasteiger partial charge on any atom is 0.209 e. The number of hydrogen-bond donors (Lipinski definition) is 1. The van der Waals surface area contributed by atoms with Gasteiger partial charge in [0.1, 0.15) is 20.2 Å². The van der Waals surface area contributed by atoms with Crippen LogP contribution in [0.5, 0.6) is 0 Å². The lowest BCUT2D eigenvalue weighted by Crippen LogP contribution is -2.37. The van der Waals surface area contributed by atoms with E-state index in [4.69, 9.17) is 0 Å². The van der Waals surface area contributed by atoms with E-state index in [1.54, 1.807) is 24.3 Å². The molecule has 0 saturated heterocycles. The molecule has 0 radical (unpaired) electrons. The van der Waals surface area contributed by atoms with Gasteiger partial charge in [0, 0.05) is 58.9 Å². The molecular weight excluding hydrogens is 831 g/mol. The molecule has 0 saturated carbocycles. The van der Waals surface area contributed by atoms with Crippen LogP contribution >= 0.6 is 0 Å². The molecule has 11 nitrogen and oxygen atoms in total. The molecular formula is C50H68N5O6S2+. The summed E-state index contributed by atoms with van der Waals surface area (Å²) in [6, 6.07) is 18.1. The molecule has 340 valence electrons. The second-order valence-corrected chi connectivity index (χ2v) is 23.2. The molecule has 1 aliphatic carbocycles. The van der Waals surface area contributed by atoms with Gasteiger partial charge >= 0.3 is 0 Å². The molecule has 13 heteroatoms. The van der Waals surface area contributed by atoms with Crippen LogP contribution in [0, 0.1) is 0 Å². The summed E-state index contributed by atoms with van der Waals surface area (Å²) in [5.41, 5.74) is 9.87. The molecule has 1 N–H and O–H groups in total. The minimum atomic E-state index is -4.65. The summed E-state index contributed by atoms with van der Waals surface area (Å²) in [5.74, 6) is 0. The van der Waals surface area contributed by atoms with E-state index in [0.717, 1.165) is 130 Å². The number of anilines is 2.